The van der Waals surface area contributed by atoms with Gasteiger partial charge in [0.2, 0.25) is 0 Å². The van der Waals surface area contributed by atoms with E-state index in [0.717, 1.165) is 12.8 Å². The number of esters is 1. The molecule has 2 rings (SSSR count). The fourth-order valence-electron chi connectivity index (χ4n) is 2.31. The fraction of sp³-hybridized carbons (Fsp3) is 0.750. The molecule has 0 spiro atoms. The lowest BCUT2D eigenvalue weighted by molar-refractivity contribution is -0.161. The molecule has 0 aromatic heterocycles. The standard InChI is InChI=1S/C12H18O5/c1-7(2)12(13)17-11-9-5-4-8(16-9)10(11)15-6-14-3/h8-11H,1,4-6H2,2-3H3. The van der Waals surface area contributed by atoms with Gasteiger partial charge >= 0.3 is 5.97 Å². The molecule has 5 heteroatoms. The van der Waals surface area contributed by atoms with Crippen molar-refractivity contribution in [2.75, 3.05) is 13.9 Å². The van der Waals surface area contributed by atoms with Gasteiger partial charge in [0, 0.05) is 12.7 Å². The molecule has 4 atom stereocenters. The lowest BCUT2D eigenvalue weighted by Gasteiger charge is -2.27. The van der Waals surface area contributed by atoms with Crippen LogP contribution in [-0.4, -0.2) is 44.3 Å². The molecular weight excluding hydrogens is 224 g/mol. The Morgan fingerprint density at radius 2 is 2.00 bits per heavy atom. The minimum Gasteiger partial charge on any atom is -0.453 e. The van der Waals surface area contributed by atoms with Crippen LogP contribution in [0.25, 0.3) is 0 Å². The zero-order valence-electron chi connectivity index (χ0n) is 10.2. The Kier molecular flexibility index (Phi) is 3.81. The predicted molar refractivity (Wildman–Crippen MR) is 59.3 cm³/mol. The molecule has 0 radical (unpaired) electrons. The van der Waals surface area contributed by atoms with Crippen molar-refractivity contribution in [1.29, 1.82) is 0 Å². The zero-order valence-corrected chi connectivity index (χ0v) is 10.2. The van der Waals surface area contributed by atoms with Gasteiger partial charge in [-0.1, -0.05) is 6.58 Å². The number of methoxy groups -OCH3 is 1. The molecule has 2 bridgehead atoms. The highest BCUT2D eigenvalue weighted by Crippen LogP contribution is 2.38. The van der Waals surface area contributed by atoms with Crippen LogP contribution in [0.15, 0.2) is 12.2 Å². The SMILES string of the molecule is C=C(C)C(=O)OC1C2CCC(O2)C1OCOC. The monoisotopic (exact) mass is 242 g/mol. The second kappa shape index (κ2) is 5.16. The largest absolute Gasteiger partial charge is 0.453 e. The molecular formula is C12H18O5. The van der Waals surface area contributed by atoms with Crippen molar-refractivity contribution in [2.24, 2.45) is 0 Å². The third-order valence-corrected chi connectivity index (χ3v) is 3.11. The van der Waals surface area contributed by atoms with E-state index in [2.05, 4.69) is 6.58 Å². The van der Waals surface area contributed by atoms with E-state index in [9.17, 15) is 4.79 Å². The van der Waals surface area contributed by atoms with Crippen LogP contribution >= 0.6 is 0 Å². The summed E-state index contributed by atoms with van der Waals surface area (Å²) in [5.74, 6) is -0.392. The highest BCUT2D eigenvalue weighted by atomic mass is 16.7. The van der Waals surface area contributed by atoms with Crippen molar-refractivity contribution in [3.63, 3.8) is 0 Å². The van der Waals surface area contributed by atoms with E-state index in [1.807, 2.05) is 0 Å². The van der Waals surface area contributed by atoms with E-state index in [1.165, 1.54) is 0 Å². The number of rotatable bonds is 5. The zero-order chi connectivity index (χ0) is 12.4. The first-order chi connectivity index (χ1) is 8.13. The van der Waals surface area contributed by atoms with Gasteiger partial charge in [0.15, 0.2) is 6.10 Å². The molecule has 17 heavy (non-hydrogen) atoms. The molecule has 0 aliphatic carbocycles. The summed E-state index contributed by atoms with van der Waals surface area (Å²) >= 11 is 0. The van der Waals surface area contributed by atoms with E-state index in [4.69, 9.17) is 18.9 Å². The first-order valence-electron chi connectivity index (χ1n) is 5.76. The molecule has 0 aromatic carbocycles. The van der Waals surface area contributed by atoms with E-state index >= 15 is 0 Å². The first kappa shape index (κ1) is 12.5. The van der Waals surface area contributed by atoms with Gasteiger partial charge in [0.1, 0.15) is 12.9 Å². The van der Waals surface area contributed by atoms with E-state index in [1.54, 1.807) is 14.0 Å². The highest BCUT2D eigenvalue weighted by molar-refractivity contribution is 5.87. The summed E-state index contributed by atoms with van der Waals surface area (Å²) in [5.41, 5.74) is 0.387. The summed E-state index contributed by atoms with van der Waals surface area (Å²) in [6.07, 6.45) is 1.25. The van der Waals surface area contributed by atoms with Crippen LogP contribution in [0.4, 0.5) is 0 Å². The van der Waals surface area contributed by atoms with Crippen molar-refractivity contribution >= 4 is 5.97 Å². The maximum absolute atomic E-state index is 11.5. The third kappa shape index (κ3) is 2.51. The van der Waals surface area contributed by atoms with E-state index in [-0.39, 0.29) is 31.2 Å². The molecule has 2 fully saturated rings. The molecule has 0 N–H and O–H groups in total. The summed E-state index contributed by atoms with van der Waals surface area (Å²) in [7, 11) is 1.56. The topological polar surface area (TPSA) is 54.0 Å². The minimum absolute atomic E-state index is 0.0121. The van der Waals surface area contributed by atoms with Gasteiger partial charge in [-0.3, -0.25) is 0 Å². The van der Waals surface area contributed by atoms with Gasteiger partial charge in [-0.25, -0.2) is 4.79 Å². The number of ether oxygens (including phenoxy) is 4. The van der Waals surface area contributed by atoms with Gasteiger partial charge in [-0.2, -0.15) is 0 Å². The van der Waals surface area contributed by atoms with E-state index in [0.29, 0.717) is 5.57 Å². The summed E-state index contributed by atoms with van der Waals surface area (Å²) in [5, 5.41) is 0. The molecule has 2 aliphatic rings. The lowest BCUT2D eigenvalue weighted by atomic mass is 9.94. The van der Waals surface area contributed by atoms with E-state index < -0.39 is 5.97 Å². The van der Waals surface area contributed by atoms with Crippen molar-refractivity contribution in [2.45, 2.75) is 44.2 Å². The molecule has 2 aliphatic heterocycles. The van der Waals surface area contributed by atoms with Gasteiger partial charge < -0.3 is 18.9 Å². The van der Waals surface area contributed by atoms with Crippen LogP contribution in [0.3, 0.4) is 0 Å². The fourth-order valence-corrected chi connectivity index (χ4v) is 2.31. The highest BCUT2D eigenvalue weighted by Gasteiger charge is 2.52. The van der Waals surface area contributed by atoms with Crippen molar-refractivity contribution in [1.82, 2.24) is 0 Å². The molecule has 96 valence electrons. The third-order valence-electron chi connectivity index (χ3n) is 3.11. The number of hydrogen-bond donors (Lipinski definition) is 0. The Balaban J connectivity index is 1.98. The lowest BCUT2D eigenvalue weighted by Crippen LogP contribution is -2.42. The predicted octanol–water partition coefficient (Wildman–Crippen LogP) is 1.02. The summed E-state index contributed by atoms with van der Waals surface area (Å²) in [6, 6.07) is 0. The molecule has 4 unspecified atom stereocenters. The first-order valence-corrected chi connectivity index (χ1v) is 5.76. The van der Waals surface area contributed by atoms with Crippen LogP contribution in [0.1, 0.15) is 19.8 Å². The Hall–Kier alpha value is -0.910. The molecule has 0 aromatic rings. The summed E-state index contributed by atoms with van der Waals surface area (Å²) in [4.78, 5) is 11.5. The number of hydrogen-bond acceptors (Lipinski definition) is 5. The number of carbonyl (C=O) groups excluding carboxylic acids is 1. The van der Waals surface area contributed by atoms with Crippen LogP contribution in [0.2, 0.25) is 0 Å². The quantitative estimate of drug-likeness (QED) is 0.409. The average molecular weight is 242 g/mol. The van der Waals surface area contributed by atoms with Crippen LogP contribution in [0.5, 0.6) is 0 Å². The van der Waals surface area contributed by atoms with Gasteiger partial charge in [0.25, 0.3) is 0 Å². The van der Waals surface area contributed by atoms with Crippen molar-refractivity contribution in [3.05, 3.63) is 12.2 Å². The summed E-state index contributed by atoms with van der Waals surface area (Å²) in [6.45, 7) is 5.37. The van der Waals surface area contributed by atoms with Crippen LogP contribution in [-0.2, 0) is 23.7 Å². The maximum Gasteiger partial charge on any atom is 0.333 e. The normalized spacial score (nSPS) is 34.9. The minimum atomic E-state index is -0.392. The Bertz CT molecular complexity index is 314. The van der Waals surface area contributed by atoms with Crippen molar-refractivity contribution in [3.8, 4) is 0 Å². The Labute approximate surface area is 101 Å². The van der Waals surface area contributed by atoms with Crippen LogP contribution in [0, 0.1) is 0 Å². The Morgan fingerprint density at radius 3 is 2.59 bits per heavy atom. The maximum atomic E-state index is 11.5. The average Bonchev–Trinajstić information content (AvgIpc) is 2.87. The second-order valence-electron chi connectivity index (χ2n) is 4.48. The van der Waals surface area contributed by atoms with Gasteiger partial charge in [-0.05, 0) is 19.8 Å². The molecule has 2 heterocycles. The van der Waals surface area contributed by atoms with Gasteiger partial charge in [0.05, 0.1) is 12.2 Å². The Morgan fingerprint density at radius 1 is 1.35 bits per heavy atom. The molecule has 5 nitrogen and oxygen atoms in total. The number of fused-ring (bicyclic) bond motifs is 2. The molecule has 0 amide bonds. The smallest absolute Gasteiger partial charge is 0.333 e. The van der Waals surface area contributed by atoms with Crippen molar-refractivity contribution < 1.29 is 23.7 Å². The van der Waals surface area contributed by atoms with Crippen LogP contribution < -0.4 is 0 Å². The second-order valence-corrected chi connectivity index (χ2v) is 4.48. The molecule has 2 saturated heterocycles. The molecule has 0 saturated carbocycles. The van der Waals surface area contributed by atoms with Gasteiger partial charge in [-0.15, -0.1) is 0 Å². The number of carbonyl (C=O) groups is 1. The summed E-state index contributed by atoms with van der Waals surface area (Å²) < 4.78 is 21.5.